The standard InChI is InChI=1S/C23H49N5O2/c1-8-22(6,9-2)20(30)17-28(18(5)29)16-19(27-23(7,10-3)11-4)14-12-13-15-26-21(24)25/h18-19,27,29H,8-17H2,1-7H3,(H4,24,25,26). The van der Waals surface area contributed by atoms with Crippen molar-refractivity contribution < 1.29 is 9.90 Å². The molecule has 0 rings (SSSR count). The number of hydrogen-bond acceptors (Lipinski definition) is 5. The van der Waals surface area contributed by atoms with Crippen molar-refractivity contribution in [2.75, 3.05) is 19.6 Å². The SMILES string of the molecule is CCC(C)(CC)NC(CCCCN=C(N)N)CN(CC(=O)C(C)(CC)CC)C(C)O. The van der Waals surface area contributed by atoms with Crippen LogP contribution in [0.15, 0.2) is 4.99 Å². The van der Waals surface area contributed by atoms with Crippen LogP contribution in [0, 0.1) is 5.41 Å². The Hall–Kier alpha value is -1.18. The van der Waals surface area contributed by atoms with E-state index in [0.717, 1.165) is 44.9 Å². The lowest BCUT2D eigenvalue weighted by Gasteiger charge is -2.38. The molecule has 0 aliphatic carbocycles. The largest absolute Gasteiger partial charge is 0.379 e. The number of aliphatic imine (C=N–C) groups is 1. The molecule has 0 fully saturated rings. The van der Waals surface area contributed by atoms with Crippen LogP contribution < -0.4 is 16.8 Å². The average Bonchev–Trinajstić information content (AvgIpc) is 2.71. The van der Waals surface area contributed by atoms with Crippen molar-refractivity contribution in [3.8, 4) is 0 Å². The highest BCUT2D eigenvalue weighted by molar-refractivity contribution is 5.86. The molecule has 0 saturated heterocycles. The molecule has 178 valence electrons. The van der Waals surface area contributed by atoms with Gasteiger partial charge >= 0.3 is 0 Å². The van der Waals surface area contributed by atoms with Crippen LogP contribution in [-0.2, 0) is 4.79 Å². The van der Waals surface area contributed by atoms with Crippen LogP contribution in [0.2, 0.25) is 0 Å². The second kappa shape index (κ2) is 14.0. The van der Waals surface area contributed by atoms with E-state index in [9.17, 15) is 9.90 Å². The Morgan fingerprint density at radius 1 is 1.07 bits per heavy atom. The highest BCUT2D eigenvalue weighted by Gasteiger charge is 2.32. The molecule has 0 radical (unpaired) electrons. The fourth-order valence-electron chi connectivity index (χ4n) is 3.52. The summed E-state index contributed by atoms with van der Waals surface area (Å²) in [6.07, 6.45) is 5.80. The quantitative estimate of drug-likeness (QED) is 0.123. The van der Waals surface area contributed by atoms with Gasteiger partial charge in [0, 0.05) is 30.1 Å². The first kappa shape index (κ1) is 28.8. The number of ketones is 1. The normalized spacial score (nSPS) is 14.6. The fraction of sp³-hybridized carbons (Fsp3) is 0.913. The lowest BCUT2D eigenvalue weighted by Crippen LogP contribution is -2.54. The van der Waals surface area contributed by atoms with Gasteiger partial charge in [0.15, 0.2) is 11.7 Å². The number of nitrogens with two attached hydrogens (primary N) is 2. The van der Waals surface area contributed by atoms with Crippen molar-refractivity contribution >= 4 is 11.7 Å². The highest BCUT2D eigenvalue weighted by Crippen LogP contribution is 2.27. The van der Waals surface area contributed by atoms with Crippen LogP contribution >= 0.6 is 0 Å². The topological polar surface area (TPSA) is 117 Å². The first-order valence-corrected chi connectivity index (χ1v) is 11.7. The lowest BCUT2D eigenvalue weighted by molar-refractivity contribution is -0.132. The lowest BCUT2D eigenvalue weighted by atomic mass is 9.80. The van der Waals surface area contributed by atoms with E-state index in [4.69, 9.17) is 11.5 Å². The third-order valence-electron chi connectivity index (χ3n) is 6.93. The van der Waals surface area contributed by atoms with E-state index in [1.54, 1.807) is 6.92 Å². The summed E-state index contributed by atoms with van der Waals surface area (Å²) in [5, 5.41) is 14.2. The number of hydrogen-bond donors (Lipinski definition) is 4. The van der Waals surface area contributed by atoms with Gasteiger partial charge in [0.1, 0.15) is 6.23 Å². The number of nitrogens with zero attached hydrogens (tertiary/aromatic N) is 2. The number of guanidine groups is 1. The van der Waals surface area contributed by atoms with Crippen molar-refractivity contribution in [1.29, 1.82) is 0 Å². The predicted molar refractivity (Wildman–Crippen MR) is 127 cm³/mol. The molecule has 0 aliphatic heterocycles. The van der Waals surface area contributed by atoms with E-state index < -0.39 is 6.23 Å². The first-order valence-electron chi connectivity index (χ1n) is 11.7. The van der Waals surface area contributed by atoms with Crippen molar-refractivity contribution in [3.63, 3.8) is 0 Å². The third-order valence-corrected chi connectivity index (χ3v) is 6.93. The maximum atomic E-state index is 13.0. The average molecular weight is 428 g/mol. The number of aliphatic hydroxyl groups excluding tert-OH is 1. The maximum Gasteiger partial charge on any atom is 0.185 e. The minimum absolute atomic E-state index is 0.0280. The Morgan fingerprint density at radius 3 is 2.07 bits per heavy atom. The van der Waals surface area contributed by atoms with Gasteiger partial charge in [-0.05, 0) is 52.4 Å². The molecule has 7 nitrogen and oxygen atoms in total. The van der Waals surface area contributed by atoms with Crippen LogP contribution in [-0.4, -0.2) is 59.2 Å². The van der Waals surface area contributed by atoms with E-state index in [2.05, 4.69) is 44.9 Å². The molecule has 2 unspecified atom stereocenters. The molecule has 0 aliphatic rings. The number of aliphatic hydroxyl groups is 1. The summed E-state index contributed by atoms with van der Waals surface area (Å²) in [5.74, 6) is 0.330. The van der Waals surface area contributed by atoms with Crippen molar-refractivity contribution in [1.82, 2.24) is 10.2 Å². The molecule has 30 heavy (non-hydrogen) atoms. The molecule has 7 heteroatoms. The van der Waals surface area contributed by atoms with Gasteiger partial charge in [0.05, 0.1) is 6.54 Å². The summed E-state index contributed by atoms with van der Waals surface area (Å²) < 4.78 is 0. The Bertz CT molecular complexity index is 510. The molecule has 2 atom stereocenters. The van der Waals surface area contributed by atoms with E-state index >= 15 is 0 Å². The molecule has 0 aromatic rings. The molecule has 0 saturated carbocycles. The summed E-state index contributed by atoms with van der Waals surface area (Å²) in [4.78, 5) is 18.9. The zero-order chi connectivity index (χ0) is 23.4. The van der Waals surface area contributed by atoms with Gasteiger partial charge < -0.3 is 21.9 Å². The Balaban J connectivity index is 5.26. The van der Waals surface area contributed by atoms with Gasteiger partial charge in [0.2, 0.25) is 0 Å². The minimum atomic E-state index is -0.674. The van der Waals surface area contributed by atoms with E-state index in [1.165, 1.54) is 0 Å². The molecule has 0 aromatic carbocycles. The first-order chi connectivity index (χ1) is 14.0. The van der Waals surface area contributed by atoms with Gasteiger partial charge in [-0.15, -0.1) is 0 Å². The number of rotatable bonds is 17. The fourth-order valence-corrected chi connectivity index (χ4v) is 3.52. The summed E-state index contributed by atoms with van der Waals surface area (Å²) >= 11 is 0. The van der Waals surface area contributed by atoms with Crippen LogP contribution in [0.4, 0.5) is 0 Å². The number of unbranched alkanes of at least 4 members (excludes halogenated alkanes) is 1. The summed E-state index contributed by atoms with van der Waals surface area (Å²) in [6.45, 7) is 16.0. The molecule has 0 spiro atoms. The maximum absolute atomic E-state index is 13.0. The molecule has 0 aromatic heterocycles. The van der Waals surface area contributed by atoms with E-state index in [-0.39, 0.29) is 35.3 Å². The van der Waals surface area contributed by atoms with E-state index in [1.807, 2.05) is 11.8 Å². The third kappa shape index (κ3) is 10.2. The molecule has 6 N–H and O–H groups in total. The Labute approximate surface area is 185 Å². The summed E-state index contributed by atoms with van der Waals surface area (Å²) in [6, 6.07) is 0.172. The monoisotopic (exact) mass is 427 g/mol. The zero-order valence-electron chi connectivity index (χ0n) is 20.6. The van der Waals surface area contributed by atoms with Gasteiger partial charge in [0.25, 0.3) is 0 Å². The molecule has 0 amide bonds. The number of nitrogens with one attached hydrogen (secondary N) is 1. The molecular formula is C23H49N5O2. The second-order valence-electron chi connectivity index (χ2n) is 9.16. The van der Waals surface area contributed by atoms with Crippen molar-refractivity contribution in [2.24, 2.45) is 21.9 Å². The van der Waals surface area contributed by atoms with Crippen LogP contribution in [0.5, 0.6) is 0 Å². The van der Waals surface area contributed by atoms with Crippen molar-refractivity contribution in [3.05, 3.63) is 0 Å². The van der Waals surface area contributed by atoms with Crippen molar-refractivity contribution in [2.45, 2.75) is 111 Å². The van der Waals surface area contributed by atoms with Crippen LogP contribution in [0.1, 0.15) is 93.4 Å². The van der Waals surface area contributed by atoms with Gasteiger partial charge in [-0.25, -0.2) is 0 Å². The Morgan fingerprint density at radius 2 is 1.63 bits per heavy atom. The Kier molecular flexibility index (Phi) is 13.4. The number of carbonyl (C=O) groups excluding carboxylic acids is 1. The van der Waals surface area contributed by atoms with Gasteiger partial charge in [-0.2, -0.15) is 0 Å². The second-order valence-corrected chi connectivity index (χ2v) is 9.16. The van der Waals surface area contributed by atoms with Crippen LogP contribution in [0.3, 0.4) is 0 Å². The molecule has 0 heterocycles. The van der Waals surface area contributed by atoms with E-state index in [0.29, 0.717) is 13.1 Å². The summed E-state index contributed by atoms with van der Waals surface area (Å²) in [5.41, 5.74) is 10.5. The smallest absolute Gasteiger partial charge is 0.185 e. The summed E-state index contributed by atoms with van der Waals surface area (Å²) in [7, 11) is 0. The predicted octanol–water partition coefficient (Wildman–Crippen LogP) is 3.00. The minimum Gasteiger partial charge on any atom is -0.379 e. The van der Waals surface area contributed by atoms with Crippen LogP contribution in [0.25, 0.3) is 0 Å². The number of carbonyl (C=O) groups is 1. The molecule has 0 bridgehead atoms. The molecular weight excluding hydrogens is 378 g/mol. The van der Waals surface area contributed by atoms with Gasteiger partial charge in [-0.1, -0.05) is 41.0 Å². The van der Waals surface area contributed by atoms with Gasteiger partial charge in [-0.3, -0.25) is 14.7 Å². The zero-order valence-corrected chi connectivity index (χ0v) is 20.6. The number of Topliss-reactive ketones (excluding diaryl/α,β-unsaturated/α-hetero) is 1. The highest BCUT2D eigenvalue weighted by atomic mass is 16.3.